The molecule has 0 spiro atoms. The van der Waals surface area contributed by atoms with Crippen molar-refractivity contribution in [1.29, 1.82) is 0 Å². The van der Waals surface area contributed by atoms with Crippen molar-refractivity contribution in [3.05, 3.63) is 49.3 Å². The minimum absolute atomic E-state index is 0.128. The topological polar surface area (TPSA) is 99.1 Å². The number of nitrogens with zero attached hydrogens (tertiary/aromatic N) is 4. The van der Waals surface area contributed by atoms with Crippen LogP contribution in [0.4, 0.5) is 0 Å². The van der Waals surface area contributed by atoms with Crippen LogP contribution >= 0.6 is 0 Å². The second-order valence-corrected chi connectivity index (χ2v) is 5.88. The Bertz CT molecular complexity index is 827. The molecule has 0 atom stereocenters. The highest BCUT2D eigenvalue weighted by Crippen LogP contribution is 2.30. The Labute approximate surface area is 138 Å². The minimum atomic E-state index is 0.128. The van der Waals surface area contributed by atoms with E-state index < -0.39 is 0 Å². The van der Waals surface area contributed by atoms with Crippen LogP contribution < -0.4 is 10.5 Å². The van der Waals surface area contributed by atoms with E-state index in [1.807, 2.05) is 16.8 Å². The average molecular weight is 323 g/mol. The van der Waals surface area contributed by atoms with Gasteiger partial charge in [-0.1, -0.05) is 0 Å². The van der Waals surface area contributed by atoms with Crippen LogP contribution in [0.25, 0.3) is 16.9 Å². The molecule has 0 saturated heterocycles. The summed E-state index contributed by atoms with van der Waals surface area (Å²) in [4.78, 5) is 12.6. The molecule has 2 heterocycles. The predicted molar refractivity (Wildman–Crippen MR) is 87.9 cm³/mol. The van der Waals surface area contributed by atoms with E-state index in [1.54, 1.807) is 37.1 Å². The van der Waals surface area contributed by atoms with E-state index in [2.05, 4.69) is 15.0 Å². The van der Waals surface area contributed by atoms with Crippen LogP contribution in [0, 0.1) is 0 Å². The van der Waals surface area contributed by atoms with Crippen molar-refractivity contribution in [3.8, 4) is 28.6 Å². The predicted octanol–water partition coefficient (Wildman–Crippen LogP) is 1.90. The molecular weight excluding hydrogens is 306 g/mol. The number of phenolic OH excluding ortho intramolecular Hbond substituents is 1. The summed E-state index contributed by atoms with van der Waals surface area (Å²) in [7, 11) is 0. The first-order valence-corrected chi connectivity index (χ1v) is 7.75. The lowest BCUT2D eigenvalue weighted by Gasteiger charge is -2.31. The average Bonchev–Trinajstić information content (AvgIpc) is 3.09. The second kappa shape index (κ2) is 5.93. The standard InChI is InChI=1S/C17H17N5O2/c18-11-5-13(6-11)24-17-9-20-15(8-21-17)14-2-1-12(7-16(14)23)22-4-3-19-10-22/h1-4,7-11,13,23H,5-6,18H2/t11-,13+. The number of aromatic nitrogens is 4. The van der Waals surface area contributed by atoms with Crippen molar-refractivity contribution in [2.24, 2.45) is 5.73 Å². The largest absolute Gasteiger partial charge is 0.507 e. The van der Waals surface area contributed by atoms with Crippen LogP contribution in [0.2, 0.25) is 0 Å². The Hall–Kier alpha value is -2.93. The summed E-state index contributed by atoms with van der Waals surface area (Å²) < 4.78 is 7.50. The molecule has 3 N–H and O–H groups in total. The van der Waals surface area contributed by atoms with Crippen LogP contribution in [-0.2, 0) is 0 Å². The molecule has 1 aromatic carbocycles. The maximum Gasteiger partial charge on any atom is 0.232 e. The van der Waals surface area contributed by atoms with Crippen LogP contribution in [0.15, 0.2) is 49.3 Å². The molecule has 2 aromatic heterocycles. The van der Waals surface area contributed by atoms with Gasteiger partial charge in [-0.2, -0.15) is 0 Å². The van der Waals surface area contributed by atoms with Gasteiger partial charge in [-0.25, -0.2) is 15.0 Å². The number of rotatable bonds is 4. The van der Waals surface area contributed by atoms with Crippen LogP contribution in [0.1, 0.15) is 12.8 Å². The molecule has 0 unspecified atom stereocenters. The molecule has 1 aliphatic rings. The molecule has 7 heteroatoms. The highest BCUT2D eigenvalue weighted by molar-refractivity contribution is 5.68. The molecule has 3 aromatic rings. The van der Waals surface area contributed by atoms with Gasteiger partial charge in [0.2, 0.25) is 5.88 Å². The molecule has 1 saturated carbocycles. The monoisotopic (exact) mass is 323 g/mol. The normalized spacial score (nSPS) is 19.7. The second-order valence-electron chi connectivity index (χ2n) is 5.88. The van der Waals surface area contributed by atoms with Gasteiger partial charge in [-0.3, -0.25) is 0 Å². The van der Waals surface area contributed by atoms with Gasteiger partial charge in [0.1, 0.15) is 11.9 Å². The summed E-state index contributed by atoms with van der Waals surface area (Å²) in [5, 5.41) is 10.3. The quantitative estimate of drug-likeness (QED) is 0.761. The number of benzene rings is 1. The van der Waals surface area contributed by atoms with Crippen LogP contribution in [0.5, 0.6) is 11.6 Å². The Morgan fingerprint density at radius 1 is 1.21 bits per heavy atom. The first-order chi connectivity index (χ1) is 11.7. The smallest absolute Gasteiger partial charge is 0.232 e. The van der Waals surface area contributed by atoms with Gasteiger partial charge in [0.15, 0.2) is 0 Å². The van der Waals surface area contributed by atoms with Gasteiger partial charge in [0, 0.05) is 30.1 Å². The van der Waals surface area contributed by atoms with E-state index in [4.69, 9.17) is 10.5 Å². The van der Waals surface area contributed by atoms with Crippen molar-refractivity contribution in [3.63, 3.8) is 0 Å². The SMILES string of the molecule is N[C@H]1C[C@@H](Oc2cnc(-c3ccc(-n4ccnc4)cc3O)cn2)C1. The zero-order valence-electron chi connectivity index (χ0n) is 12.9. The van der Waals surface area contributed by atoms with Crippen molar-refractivity contribution in [1.82, 2.24) is 19.5 Å². The van der Waals surface area contributed by atoms with Gasteiger partial charge < -0.3 is 20.1 Å². The molecule has 122 valence electrons. The highest BCUT2D eigenvalue weighted by atomic mass is 16.5. The molecule has 0 radical (unpaired) electrons. The van der Waals surface area contributed by atoms with E-state index in [1.165, 1.54) is 0 Å². The third-order valence-electron chi connectivity index (χ3n) is 4.11. The van der Waals surface area contributed by atoms with Crippen molar-refractivity contribution in [2.75, 3.05) is 0 Å². The molecule has 1 fully saturated rings. The third kappa shape index (κ3) is 2.81. The molecular formula is C17H17N5O2. The summed E-state index contributed by atoms with van der Waals surface area (Å²) in [6.45, 7) is 0. The van der Waals surface area contributed by atoms with Gasteiger partial charge in [0.25, 0.3) is 0 Å². The lowest BCUT2D eigenvalue weighted by molar-refractivity contribution is 0.0954. The summed E-state index contributed by atoms with van der Waals surface area (Å²) in [6.07, 6.45) is 10.2. The fraction of sp³-hybridized carbons (Fsp3) is 0.235. The molecule has 0 amide bonds. The first-order valence-electron chi connectivity index (χ1n) is 7.75. The number of hydrogen-bond donors (Lipinski definition) is 2. The fourth-order valence-electron chi connectivity index (χ4n) is 2.70. The van der Waals surface area contributed by atoms with Gasteiger partial charge >= 0.3 is 0 Å². The van der Waals surface area contributed by atoms with E-state index in [0.717, 1.165) is 18.5 Å². The van der Waals surface area contributed by atoms with Gasteiger partial charge in [0.05, 0.1) is 30.1 Å². The number of imidazole rings is 1. The Morgan fingerprint density at radius 2 is 2.08 bits per heavy atom. The van der Waals surface area contributed by atoms with Gasteiger partial charge in [-0.15, -0.1) is 0 Å². The fourth-order valence-corrected chi connectivity index (χ4v) is 2.70. The zero-order valence-corrected chi connectivity index (χ0v) is 12.9. The Balaban J connectivity index is 1.53. The molecule has 7 nitrogen and oxygen atoms in total. The molecule has 4 rings (SSSR count). The van der Waals surface area contributed by atoms with E-state index in [0.29, 0.717) is 17.1 Å². The van der Waals surface area contributed by atoms with Gasteiger partial charge in [-0.05, 0) is 25.0 Å². The van der Waals surface area contributed by atoms with Crippen LogP contribution in [0.3, 0.4) is 0 Å². The Kier molecular flexibility index (Phi) is 3.62. The van der Waals surface area contributed by atoms with Crippen molar-refractivity contribution >= 4 is 0 Å². The molecule has 24 heavy (non-hydrogen) atoms. The molecule has 1 aliphatic carbocycles. The Morgan fingerprint density at radius 3 is 2.71 bits per heavy atom. The number of aromatic hydroxyl groups is 1. The third-order valence-corrected chi connectivity index (χ3v) is 4.11. The maximum atomic E-state index is 10.3. The number of nitrogens with two attached hydrogens (primary N) is 1. The number of phenols is 1. The van der Waals surface area contributed by atoms with Crippen molar-refractivity contribution in [2.45, 2.75) is 25.0 Å². The minimum Gasteiger partial charge on any atom is -0.507 e. The summed E-state index contributed by atoms with van der Waals surface area (Å²) in [5.74, 6) is 0.610. The first kappa shape index (κ1) is 14.6. The van der Waals surface area contributed by atoms with E-state index in [9.17, 15) is 5.11 Å². The summed E-state index contributed by atoms with van der Waals surface area (Å²) in [5.41, 5.74) is 7.76. The maximum absolute atomic E-state index is 10.3. The molecule has 0 bridgehead atoms. The number of ether oxygens (including phenoxy) is 1. The summed E-state index contributed by atoms with van der Waals surface area (Å²) in [6, 6.07) is 5.59. The number of hydrogen-bond acceptors (Lipinski definition) is 6. The zero-order chi connectivity index (χ0) is 16.5. The summed E-state index contributed by atoms with van der Waals surface area (Å²) >= 11 is 0. The lowest BCUT2D eigenvalue weighted by Crippen LogP contribution is -2.43. The lowest BCUT2D eigenvalue weighted by atomic mass is 9.90. The molecule has 0 aliphatic heterocycles. The highest BCUT2D eigenvalue weighted by Gasteiger charge is 2.28. The van der Waals surface area contributed by atoms with Crippen molar-refractivity contribution < 1.29 is 9.84 Å². The van der Waals surface area contributed by atoms with Crippen LogP contribution in [-0.4, -0.2) is 36.8 Å². The van der Waals surface area contributed by atoms with E-state index >= 15 is 0 Å². The van der Waals surface area contributed by atoms with E-state index in [-0.39, 0.29) is 17.9 Å².